The lowest BCUT2D eigenvalue weighted by Gasteiger charge is -2.10. The summed E-state index contributed by atoms with van der Waals surface area (Å²) in [5.41, 5.74) is 6.44. The van der Waals surface area contributed by atoms with Gasteiger partial charge in [-0.3, -0.25) is 0 Å². The fourth-order valence-electron chi connectivity index (χ4n) is 1.67. The first kappa shape index (κ1) is 14.3. The molecule has 0 saturated carbocycles. The minimum atomic E-state index is -3.36. The molecule has 0 aliphatic carbocycles. The van der Waals surface area contributed by atoms with Crippen LogP contribution < -0.4 is 11.1 Å². The largest absolute Gasteiger partial charge is 0.397 e. The zero-order valence-corrected chi connectivity index (χ0v) is 11.3. The molecular weight excluding hydrogens is 286 g/mol. The van der Waals surface area contributed by atoms with E-state index in [9.17, 15) is 17.2 Å². The van der Waals surface area contributed by atoms with E-state index in [1.807, 2.05) is 0 Å². The van der Waals surface area contributed by atoms with E-state index in [-0.39, 0.29) is 16.3 Å². The zero-order valence-electron chi connectivity index (χ0n) is 10.5. The molecular formula is C13H12F2N2O2S. The first-order valence-electron chi connectivity index (χ1n) is 5.58. The number of nitrogen functional groups attached to an aromatic ring is 1. The molecule has 0 amide bonds. The minimum absolute atomic E-state index is 0.0750. The van der Waals surface area contributed by atoms with Gasteiger partial charge in [-0.05, 0) is 30.3 Å². The van der Waals surface area contributed by atoms with Gasteiger partial charge in [0.25, 0.3) is 0 Å². The topological polar surface area (TPSA) is 72.2 Å². The molecule has 0 spiro atoms. The van der Waals surface area contributed by atoms with Crippen molar-refractivity contribution in [2.24, 2.45) is 0 Å². The Balaban J connectivity index is 2.35. The van der Waals surface area contributed by atoms with Crippen molar-refractivity contribution < 1.29 is 17.2 Å². The number of halogens is 2. The summed E-state index contributed by atoms with van der Waals surface area (Å²) in [6, 6.07) is 7.05. The van der Waals surface area contributed by atoms with Crippen LogP contribution in [0.4, 0.5) is 25.8 Å². The molecule has 3 N–H and O–H groups in total. The maximum Gasteiger partial charge on any atom is 0.175 e. The third-order valence-electron chi connectivity index (χ3n) is 2.59. The summed E-state index contributed by atoms with van der Waals surface area (Å²) in [6.07, 6.45) is 1.07. The van der Waals surface area contributed by atoms with Crippen molar-refractivity contribution >= 4 is 26.9 Å². The third-order valence-corrected chi connectivity index (χ3v) is 3.70. The van der Waals surface area contributed by atoms with E-state index < -0.39 is 21.5 Å². The van der Waals surface area contributed by atoms with Crippen LogP contribution in [-0.4, -0.2) is 14.7 Å². The summed E-state index contributed by atoms with van der Waals surface area (Å²) < 4.78 is 48.9. The highest BCUT2D eigenvalue weighted by molar-refractivity contribution is 7.90. The summed E-state index contributed by atoms with van der Waals surface area (Å²) in [5, 5.41) is 2.73. The Morgan fingerprint density at radius 1 is 1.05 bits per heavy atom. The van der Waals surface area contributed by atoms with Crippen molar-refractivity contribution in [3.63, 3.8) is 0 Å². The highest BCUT2D eigenvalue weighted by Crippen LogP contribution is 2.26. The van der Waals surface area contributed by atoms with E-state index in [0.29, 0.717) is 5.69 Å². The van der Waals surface area contributed by atoms with Crippen molar-refractivity contribution in [1.82, 2.24) is 0 Å². The Bertz CT molecular complexity index is 741. The van der Waals surface area contributed by atoms with E-state index in [1.165, 1.54) is 18.2 Å². The average Bonchev–Trinajstić information content (AvgIpc) is 2.29. The molecule has 0 fully saturated rings. The predicted molar refractivity (Wildman–Crippen MR) is 73.6 cm³/mol. The van der Waals surface area contributed by atoms with Crippen LogP contribution in [0.15, 0.2) is 41.3 Å². The molecule has 0 radical (unpaired) electrons. The van der Waals surface area contributed by atoms with Gasteiger partial charge < -0.3 is 11.1 Å². The number of hydrogen-bond donors (Lipinski definition) is 2. The van der Waals surface area contributed by atoms with E-state index in [4.69, 9.17) is 5.73 Å². The van der Waals surface area contributed by atoms with Crippen LogP contribution in [0.1, 0.15) is 0 Å². The second-order valence-corrected chi connectivity index (χ2v) is 6.32. The maximum absolute atomic E-state index is 13.1. The number of nitrogens with one attached hydrogen (secondary N) is 1. The van der Waals surface area contributed by atoms with Gasteiger partial charge in [-0.25, -0.2) is 17.2 Å². The molecule has 20 heavy (non-hydrogen) atoms. The van der Waals surface area contributed by atoms with Gasteiger partial charge >= 0.3 is 0 Å². The van der Waals surface area contributed by atoms with Crippen molar-refractivity contribution in [2.75, 3.05) is 17.3 Å². The van der Waals surface area contributed by atoms with E-state index >= 15 is 0 Å². The predicted octanol–water partition coefficient (Wildman–Crippen LogP) is 2.69. The Morgan fingerprint density at radius 3 is 2.15 bits per heavy atom. The SMILES string of the molecule is CS(=O)(=O)c1ccc(Nc2cc(F)cc(F)c2)c(N)c1. The van der Waals surface area contributed by atoms with Crippen molar-refractivity contribution in [3.05, 3.63) is 48.0 Å². The standard InChI is InChI=1S/C13H12F2N2O2S/c1-20(18,19)11-2-3-13(12(16)7-11)17-10-5-8(14)4-9(15)6-10/h2-7,17H,16H2,1H3. The highest BCUT2D eigenvalue weighted by Gasteiger charge is 2.10. The van der Waals surface area contributed by atoms with Gasteiger partial charge in [0, 0.05) is 18.0 Å². The normalized spacial score (nSPS) is 11.3. The van der Waals surface area contributed by atoms with Crippen LogP contribution in [0.3, 0.4) is 0 Å². The molecule has 0 unspecified atom stereocenters. The number of rotatable bonds is 3. The van der Waals surface area contributed by atoms with Crippen LogP contribution in [0.2, 0.25) is 0 Å². The quantitative estimate of drug-likeness (QED) is 0.855. The molecule has 4 nitrogen and oxygen atoms in total. The lowest BCUT2D eigenvalue weighted by molar-refractivity contribution is 0.584. The molecule has 2 rings (SSSR count). The Hall–Kier alpha value is -2.15. The lowest BCUT2D eigenvalue weighted by atomic mass is 10.2. The molecule has 0 aromatic heterocycles. The summed E-state index contributed by atoms with van der Waals surface area (Å²) in [5.74, 6) is -1.45. The van der Waals surface area contributed by atoms with E-state index in [1.54, 1.807) is 0 Å². The second-order valence-electron chi connectivity index (χ2n) is 4.30. The molecule has 0 aliphatic heterocycles. The Morgan fingerprint density at radius 2 is 1.65 bits per heavy atom. The van der Waals surface area contributed by atoms with Gasteiger partial charge in [-0.1, -0.05) is 0 Å². The van der Waals surface area contributed by atoms with Crippen molar-refractivity contribution in [1.29, 1.82) is 0 Å². The van der Waals surface area contributed by atoms with Crippen molar-refractivity contribution in [2.45, 2.75) is 4.90 Å². The number of nitrogens with two attached hydrogens (primary N) is 1. The molecule has 0 heterocycles. The number of hydrogen-bond acceptors (Lipinski definition) is 4. The van der Waals surface area contributed by atoms with E-state index in [0.717, 1.165) is 24.5 Å². The molecule has 7 heteroatoms. The smallest absolute Gasteiger partial charge is 0.175 e. The summed E-state index contributed by atoms with van der Waals surface area (Å²) in [4.78, 5) is 0.0750. The Kier molecular flexibility index (Phi) is 3.63. The molecule has 0 saturated heterocycles. The molecule has 0 bridgehead atoms. The van der Waals surface area contributed by atoms with Crippen LogP contribution in [-0.2, 0) is 9.84 Å². The van der Waals surface area contributed by atoms with Crippen LogP contribution >= 0.6 is 0 Å². The lowest BCUT2D eigenvalue weighted by Crippen LogP contribution is -2.01. The fraction of sp³-hybridized carbons (Fsp3) is 0.0769. The van der Waals surface area contributed by atoms with Crippen LogP contribution in [0, 0.1) is 11.6 Å². The van der Waals surface area contributed by atoms with Crippen LogP contribution in [0.5, 0.6) is 0 Å². The van der Waals surface area contributed by atoms with Crippen LogP contribution in [0.25, 0.3) is 0 Å². The minimum Gasteiger partial charge on any atom is -0.397 e. The van der Waals surface area contributed by atoms with Gasteiger partial charge in [-0.15, -0.1) is 0 Å². The zero-order chi connectivity index (χ0) is 14.9. The van der Waals surface area contributed by atoms with Gasteiger partial charge in [0.15, 0.2) is 9.84 Å². The van der Waals surface area contributed by atoms with Gasteiger partial charge in [-0.2, -0.15) is 0 Å². The van der Waals surface area contributed by atoms with Crippen molar-refractivity contribution in [3.8, 4) is 0 Å². The molecule has 106 valence electrons. The first-order valence-corrected chi connectivity index (χ1v) is 7.47. The molecule has 0 aliphatic rings. The van der Waals surface area contributed by atoms with E-state index in [2.05, 4.69) is 5.32 Å². The maximum atomic E-state index is 13.1. The average molecular weight is 298 g/mol. The molecule has 0 atom stereocenters. The number of benzene rings is 2. The first-order chi connectivity index (χ1) is 9.25. The third kappa shape index (κ3) is 3.24. The Labute approximate surface area is 115 Å². The second kappa shape index (κ2) is 5.09. The summed E-state index contributed by atoms with van der Waals surface area (Å²) >= 11 is 0. The highest BCUT2D eigenvalue weighted by atomic mass is 32.2. The number of sulfone groups is 1. The molecule has 2 aromatic rings. The fourth-order valence-corrected chi connectivity index (χ4v) is 2.32. The summed E-state index contributed by atoms with van der Waals surface area (Å²) in [7, 11) is -3.36. The summed E-state index contributed by atoms with van der Waals surface area (Å²) in [6.45, 7) is 0. The molecule has 2 aromatic carbocycles. The van der Waals surface area contributed by atoms with Gasteiger partial charge in [0.2, 0.25) is 0 Å². The monoisotopic (exact) mass is 298 g/mol. The number of anilines is 3. The van der Waals surface area contributed by atoms with Gasteiger partial charge in [0.1, 0.15) is 11.6 Å². The van der Waals surface area contributed by atoms with Gasteiger partial charge in [0.05, 0.1) is 16.3 Å².